The first-order valence-electron chi connectivity index (χ1n) is 8.09. The van der Waals surface area contributed by atoms with E-state index >= 15 is 0 Å². The molecule has 0 aliphatic carbocycles. The van der Waals surface area contributed by atoms with Crippen LogP contribution in [0.3, 0.4) is 0 Å². The number of carbonyl (C=O) groups is 1. The molecule has 1 aromatic rings. The zero-order valence-corrected chi connectivity index (χ0v) is 13.6. The number of aliphatic hydroxyl groups excluding tert-OH is 1. The molecule has 1 atom stereocenters. The molecule has 7 nitrogen and oxygen atoms in total. The molecule has 1 aliphatic rings. The van der Waals surface area contributed by atoms with E-state index < -0.39 is 6.10 Å². The quantitative estimate of drug-likeness (QED) is 0.689. The van der Waals surface area contributed by atoms with E-state index in [1.54, 1.807) is 19.4 Å². The van der Waals surface area contributed by atoms with Crippen molar-refractivity contribution in [3.63, 3.8) is 0 Å². The van der Waals surface area contributed by atoms with Crippen molar-refractivity contribution in [3.05, 3.63) is 23.9 Å². The molecule has 1 fully saturated rings. The summed E-state index contributed by atoms with van der Waals surface area (Å²) in [4.78, 5) is 18.1. The zero-order valence-electron chi connectivity index (χ0n) is 13.6. The molecule has 1 aromatic heterocycles. The van der Waals surface area contributed by atoms with Gasteiger partial charge < -0.3 is 25.4 Å². The van der Waals surface area contributed by atoms with Gasteiger partial charge in [0.25, 0.3) is 0 Å². The van der Waals surface area contributed by atoms with E-state index in [1.165, 1.54) is 19.3 Å². The van der Waals surface area contributed by atoms with Crippen molar-refractivity contribution in [1.29, 1.82) is 0 Å². The lowest BCUT2D eigenvalue weighted by atomic mass is 10.1. The second-order valence-corrected chi connectivity index (χ2v) is 5.75. The molecule has 3 N–H and O–H groups in total. The van der Waals surface area contributed by atoms with Crippen LogP contribution in [0.5, 0.6) is 5.88 Å². The molecule has 23 heavy (non-hydrogen) atoms. The van der Waals surface area contributed by atoms with Gasteiger partial charge in [-0.2, -0.15) is 0 Å². The summed E-state index contributed by atoms with van der Waals surface area (Å²) >= 11 is 0. The summed E-state index contributed by atoms with van der Waals surface area (Å²) in [5.41, 5.74) is 0.805. The van der Waals surface area contributed by atoms with Crippen molar-refractivity contribution in [2.75, 3.05) is 33.3 Å². The minimum absolute atomic E-state index is 0.243. The van der Waals surface area contributed by atoms with Gasteiger partial charge >= 0.3 is 6.03 Å². The van der Waals surface area contributed by atoms with E-state index in [9.17, 15) is 9.90 Å². The summed E-state index contributed by atoms with van der Waals surface area (Å²) in [6.45, 7) is 3.24. The molecule has 0 unspecified atom stereocenters. The summed E-state index contributed by atoms with van der Waals surface area (Å²) in [5, 5.41) is 15.4. The fourth-order valence-electron chi connectivity index (χ4n) is 2.70. The minimum atomic E-state index is -0.549. The fourth-order valence-corrected chi connectivity index (χ4v) is 2.70. The highest BCUT2D eigenvalue weighted by Crippen LogP contribution is 2.12. The fraction of sp³-hybridized carbons (Fsp3) is 0.625. The minimum Gasteiger partial charge on any atom is -0.481 e. The number of methoxy groups -OCH3 is 1. The Morgan fingerprint density at radius 2 is 2.17 bits per heavy atom. The van der Waals surface area contributed by atoms with E-state index in [0.29, 0.717) is 19.0 Å². The monoisotopic (exact) mass is 322 g/mol. The SMILES string of the molecule is COc1ncccc1CNC(=O)NC[C@H](O)CN1CCCCC1. The van der Waals surface area contributed by atoms with Gasteiger partial charge in [-0.1, -0.05) is 12.5 Å². The summed E-state index contributed by atoms with van der Waals surface area (Å²) in [5.74, 6) is 0.498. The van der Waals surface area contributed by atoms with Crippen LogP contribution in [-0.4, -0.2) is 60.4 Å². The molecule has 0 saturated carbocycles. The lowest BCUT2D eigenvalue weighted by Gasteiger charge is -2.28. The predicted octanol–water partition coefficient (Wildman–Crippen LogP) is 0.736. The smallest absolute Gasteiger partial charge is 0.315 e. The number of piperidine rings is 1. The third kappa shape index (κ3) is 6.03. The van der Waals surface area contributed by atoms with Gasteiger partial charge in [-0.3, -0.25) is 0 Å². The highest BCUT2D eigenvalue weighted by molar-refractivity contribution is 5.73. The number of rotatable bonds is 7. The number of aliphatic hydroxyl groups is 1. The molecule has 7 heteroatoms. The van der Waals surface area contributed by atoms with Gasteiger partial charge in [-0.15, -0.1) is 0 Å². The average Bonchev–Trinajstić information content (AvgIpc) is 2.59. The van der Waals surface area contributed by atoms with Gasteiger partial charge in [0.2, 0.25) is 5.88 Å². The van der Waals surface area contributed by atoms with E-state index in [4.69, 9.17) is 4.74 Å². The van der Waals surface area contributed by atoms with Gasteiger partial charge in [-0.05, 0) is 32.0 Å². The number of hydrogen-bond donors (Lipinski definition) is 3. The Bertz CT molecular complexity index is 492. The molecular formula is C16H26N4O3. The lowest BCUT2D eigenvalue weighted by Crippen LogP contribution is -2.44. The molecule has 0 aromatic carbocycles. The molecule has 2 rings (SSSR count). The maximum atomic E-state index is 11.8. The summed E-state index contributed by atoms with van der Waals surface area (Å²) in [7, 11) is 1.54. The van der Waals surface area contributed by atoms with Crippen molar-refractivity contribution in [1.82, 2.24) is 20.5 Å². The number of pyridine rings is 1. The number of hydrogen-bond acceptors (Lipinski definition) is 5. The van der Waals surface area contributed by atoms with Gasteiger partial charge in [0, 0.05) is 31.4 Å². The van der Waals surface area contributed by atoms with Crippen LogP contribution < -0.4 is 15.4 Å². The highest BCUT2D eigenvalue weighted by Gasteiger charge is 2.15. The van der Waals surface area contributed by atoms with Crippen LogP contribution in [0.4, 0.5) is 4.79 Å². The van der Waals surface area contributed by atoms with E-state index in [-0.39, 0.29) is 12.6 Å². The topological polar surface area (TPSA) is 86.7 Å². The van der Waals surface area contributed by atoms with Crippen molar-refractivity contribution in [2.45, 2.75) is 31.9 Å². The van der Waals surface area contributed by atoms with Crippen molar-refractivity contribution in [3.8, 4) is 5.88 Å². The average molecular weight is 322 g/mol. The van der Waals surface area contributed by atoms with Crippen molar-refractivity contribution in [2.24, 2.45) is 0 Å². The molecule has 1 aliphatic heterocycles. The summed E-state index contributed by atoms with van der Waals surface area (Å²) in [6, 6.07) is 3.32. The van der Waals surface area contributed by atoms with Crippen LogP contribution in [0.1, 0.15) is 24.8 Å². The molecule has 0 radical (unpaired) electrons. The van der Waals surface area contributed by atoms with E-state index in [2.05, 4.69) is 20.5 Å². The second kappa shape index (κ2) is 9.32. The Hall–Kier alpha value is -1.86. The van der Waals surface area contributed by atoms with Crippen LogP contribution in [0.25, 0.3) is 0 Å². The lowest BCUT2D eigenvalue weighted by molar-refractivity contribution is 0.101. The van der Waals surface area contributed by atoms with Crippen molar-refractivity contribution >= 4 is 6.03 Å². The first kappa shape index (κ1) is 17.5. The predicted molar refractivity (Wildman–Crippen MR) is 87.3 cm³/mol. The number of urea groups is 1. The Kier molecular flexibility index (Phi) is 7.09. The van der Waals surface area contributed by atoms with Crippen LogP contribution in [0, 0.1) is 0 Å². The number of aromatic nitrogens is 1. The van der Waals surface area contributed by atoms with Crippen LogP contribution >= 0.6 is 0 Å². The third-order valence-corrected chi connectivity index (χ3v) is 3.90. The normalized spacial score (nSPS) is 16.6. The largest absolute Gasteiger partial charge is 0.481 e. The van der Waals surface area contributed by atoms with Gasteiger partial charge in [0.1, 0.15) is 0 Å². The third-order valence-electron chi connectivity index (χ3n) is 3.90. The zero-order chi connectivity index (χ0) is 16.5. The maximum absolute atomic E-state index is 11.8. The molecule has 0 spiro atoms. The number of nitrogens with zero attached hydrogens (tertiary/aromatic N) is 2. The van der Waals surface area contributed by atoms with E-state index in [0.717, 1.165) is 18.7 Å². The molecular weight excluding hydrogens is 296 g/mol. The number of β-amino-alcohol motifs (C(OH)–C–C–N with tert-alkyl or cyclic N) is 1. The standard InChI is InChI=1S/C16H26N4O3/c1-23-15-13(6-5-7-17-15)10-18-16(22)19-11-14(21)12-20-8-3-2-4-9-20/h5-7,14,21H,2-4,8-12H2,1H3,(H2,18,19,22)/t14-/m0/s1. The molecule has 1 saturated heterocycles. The number of nitrogens with one attached hydrogen (secondary N) is 2. The van der Waals surface area contributed by atoms with Crippen LogP contribution in [0.2, 0.25) is 0 Å². The number of carbonyl (C=O) groups excluding carboxylic acids is 1. The number of ether oxygens (including phenoxy) is 1. The molecule has 2 amide bonds. The van der Waals surface area contributed by atoms with Crippen molar-refractivity contribution < 1.29 is 14.6 Å². The Morgan fingerprint density at radius 1 is 1.39 bits per heavy atom. The van der Waals surface area contributed by atoms with Gasteiger partial charge in [0.05, 0.1) is 13.2 Å². The Balaban J connectivity index is 1.66. The maximum Gasteiger partial charge on any atom is 0.315 e. The number of likely N-dealkylation sites (tertiary alicyclic amines) is 1. The molecule has 128 valence electrons. The highest BCUT2D eigenvalue weighted by atomic mass is 16.5. The van der Waals surface area contributed by atoms with Gasteiger partial charge in [-0.25, -0.2) is 9.78 Å². The second-order valence-electron chi connectivity index (χ2n) is 5.75. The molecule has 0 bridgehead atoms. The first-order valence-corrected chi connectivity index (χ1v) is 8.09. The van der Waals surface area contributed by atoms with Crippen LogP contribution in [0.15, 0.2) is 18.3 Å². The number of amides is 2. The van der Waals surface area contributed by atoms with Gasteiger partial charge in [0.15, 0.2) is 0 Å². The molecule has 2 heterocycles. The summed E-state index contributed by atoms with van der Waals surface area (Å²) in [6.07, 6.45) is 4.73. The Morgan fingerprint density at radius 3 is 2.91 bits per heavy atom. The first-order chi connectivity index (χ1) is 11.2. The Labute approximate surface area is 137 Å². The van der Waals surface area contributed by atoms with Crippen LogP contribution in [-0.2, 0) is 6.54 Å². The van der Waals surface area contributed by atoms with E-state index in [1.807, 2.05) is 6.07 Å². The summed E-state index contributed by atoms with van der Waals surface area (Å²) < 4.78 is 5.13.